The van der Waals surface area contributed by atoms with E-state index in [0.29, 0.717) is 12.0 Å². The van der Waals surface area contributed by atoms with Crippen molar-refractivity contribution in [3.63, 3.8) is 0 Å². The van der Waals surface area contributed by atoms with Crippen LogP contribution in [0.4, 0.5) is 0 Å². The Hall–Kier alpha value is -1.29. The Bertz CT molecular complexity index is 388. The number of hydrogen-bond donors (Lipinski definition) is 0. The van der Waals surface area contributed by atoms with Crippen LogP contribution >= 0.6 is 0 Å². The zero-order chi connectivity index (χ0) is 13.1. The predicted octanol–water partition coefficient (Wildman–Crippen LogP) is 2.44. The van der Waals surface area contributed by atoms with E-state index in [0.717, 1.165) is 25.3 Å². The number of rotatable bonds is 3. The summed E-state index contributed by atoms with van der Waals surface area (Å²) in [5.41, 5.74) is 0. The van der Waals surface area contributed by atoms with Crippen molar-refractivity contribution in [2.75, 3.05) is 6.54 Å². The highest BCUT2D eigenvalue weighted by atomic mass is 16.5. The molecule has 2 heterocycles. The van der Waals surface area contributed by atoms with Crippen LogP contribution in [-0.2, 0) is 16.1 Å². The number of hydrogen-bond acceptors (Lipinski definition) is 4. The summed E-state index contributed by atoms with van der Waals surface area (Å²) in [6, 6.07) is 4.29. The van der Waals surface area contributed by atoms with E-state index in [4.69, 9.17) is 9.15 Å². The van der Waals surface area contributed by atoms with Gasteiger partial charge in [0.2, 0.25) is 0 Å². The van der Waals surface area contributed by atoms with Gasteiger partial charge >= 0.3 is 5.97 Å². The lowest BCUT2D eigenvalue weighted by molar-refractivity contribution is -0.153. The van der Waals surface area contributed by atoms with Crippen molar-refractivity contribution < 1.29 is 13.9 Å². The first-order valence-electron chi connectivity index (χ1n) is 6.51. The normalized spacial score (nSPS) is 29.2. The lowest BCUT2D eigenvalue weighted by Gasteiger charge is -2.41. The van der Waals surface area contributed by atoms with E-state index >= 15 is 0 Å². The second-order valence-corrected chi connectivity index (χ2v) is 5.09. The minimum Gasteiger partial charge on any atom is -0.468 e. The van der Waals surface area contributed by atoms with Gasteiger partial charge in [-0.05, 0) is 25.5 Å². The van der Waals surface area contributed by atoms with Crippen molar-refractivity contribution in [1.29, 1.82) is 0 Å². The zero-order valence-electron chi connectivity index (χ0n) is 11.3. The second-order valence-electron chi connectivity index (χ2n) is 5.09. The number of ether oxygens (including phenoxy) is 1. The van der Waals surface area contributed by atoms with Gasteiger partial charge in [-0.25, -0.2) is 0 Å². The lowest BCUT2D eigenvalue weighted by Crippen LogP contribution is -2.49. The molecule has 0 unspecified atom stereocenters. The summed E-state index contributed by atoms with van der Waals surface area (Å²) >= 11 is 0. The molecule has 4 heteroatoms. The van der Waals surface area contributed by atoms with Crippen LogP contribution in [0.5, 0.6) is 0 Å². The fraction of sp³-hybridized carbons (Fsp3) is 0.643. The highest BCUT2D eigenvalue weighted by molar-refractivity contribution is 5.66. The van der Waals surface area contributed by atoms with Crippen LogP contribution in [-0.4, -0.2) is 29.6 Å². The number of nitrogens with zero attached hydrogens (tertiary/aromatic N) is 1. The molecular formula is C14H21NO3. The molecule has 2 rings (SSSR count). The van der Waals surface area contributed by atoms with Crippen LogP contribution in [0.2, 0.25) is 0 Å². The largest absolute Gasteiger partial charge is 0.468 e. The number of furan rings is 1. The van der Waals surface area contributed by atoms with Crippen LogP contribution in [0, 0.1) is 5.92 Å². The molecule has 0 N–H and O–H groups in total. The first-order valence-corrected chi connectivity index (χ1v) is 6.51. The number of piperidine rings is 1. The fourth-order valence-corrected chi connectivity index (χ4v) is 2.61. The standard InChI is InChI=1S/C14H21NO3/c1-10-11(2)15(9-13-5-4-8-17-13)7-6-14(10)18-12(3)16/h4-5,8,10-11,14H,6-7,9H2,1-3H3/t10-,11-,14+/m1/s1. The zero-order valence-corrected chi connectivity index (χ0v) is 11.3. The number of likely N-dealkylation sites (tertiary alicyclic amines) is 1. The van der Waals surface area contributed by atoms with E-state index in [2.05, 4.69) is 18.7 Å². The summed E-state index contributed by atoms with van der Waals surface area (Å²) in [5.74, 6) is 1.15. The van der Waals surface area contributed by atoms with E-state index in [1.807, 2.05) is 12.1 Å². The second kappa shape index (κ2) is 5.57. The Balaban J connectivity index is 1.95. The van der Waals surface area contributed by atoms with Gasteiger partial charge in [0.15, 0.2) is 0 Å². The number of esters is 1. The highest BCUT2D eigenvalue weighted by Gasteiger charge is 2.34. The van der Waals surface area contributed by atoms with Gasteiger partial charge in [0.25, 0.3) is 0 Å². The lowest BCUT2D eigenvalue weighted by atomic mass is 9.89. The van der Waals surface area contributed by atoms with Crippen molar-refractivity contribution in [3.05, 3.63) is 24.2 Å². The van der Waals surface area contributed by atoms with Crippen LogP contribution in [0.1, 0.15) is 33.0 Å². The third-order valence-electron chi connectivity index (χ3n) is 3.88. The van der Waals surface area contributed by atoms with Gasteiger partial charge in [-0.1, -0.05) is 6.92 Å². The van der Waals surface area contributed by atoms with Gasteiger partial charge in [0.05, 0.1) is 12.8 Å². The summed E-state index contributed by atoms with van der Waals surface area (Å²) in [6.45, 7) is 7.57. The molecule has 1 aromatic rings. The number of carbonyl (C=O) groups is 1. The minimum atomic E-state index is -0.182. The Morgan fingerprint density at radius 1 is 1.56 bits per heavy atom. The van der Waals surface area contributed by atoms with Gasteiger partial charge in [-0.15, -0.1) is 0 Å². The topological polar surface area (TPSA) is 42.7 Å². The molecule has 0 radical (unpaired) electrons. The molecule has 3 atom stereocenters. The summed E-state index contributed by atoms with van der Waals surface area (Å²) in [4.78, 5) is 13.4. The van der Waals surface area contributed by atoms with Gasteiger partial charge < -0.3 is 9.15 Å². The van der Waals surface area contributed by atoms with Crippen LogP contribution in [0.15, 0.2) is 22.8 Å². The summed E-state index contributed by atoms with van der Waals surface area (Å²) < 4.78 is 10.8. The van der Waals surface area contributed by atoms with E-state index in [-0.39, 0.29) is 12.1 Å². The van der Waals surface area contributed by atoms with Crippen molar-refractivity contribution in [3.8, 4) is 0 Å². The summed E-state index contributed by atoms with van der Waals surface area (Å²) in [7, 11) is 0. The van der Waals surface area contributed by atoms with Crippen molar-refractivity contribution in [1.82, 2.24) is 4.90 Å². The summed E-state index contributed by atoms with van der Waals surface area (Å²) in [5, 5.41) is 0. The smallest absolute Gasteiger partial charge is 0.302 e. The minimum absolute atomic E-state index is 0.0466. The molecule has 1 fully saturated rings. The van der Waals surface area contributed by atoms with E-state index in [9.17, 15) is 4.79 Å². The monoisotopic (exact) mass is 251 g/mol. The molecule has 1 aliphatic rings. The third-order valence-corrected chi connectivity index (χ3v) is 3.88. The molecule has 1 saturated heterocycles. The van der Waals surface area contributed by atoms with Gasteiger partial charge in [0.1, 0.15) is 11.9 Å². The molecule has 0 aliphatic carbocycles. The Morgan fingerprint density at radius 3 is 2.94 bits per heavy atom. The molecule has 0 bridgehead atoms. The van der Waals surface area contributed by atoms with Gasteiger partial charge in [0, 0.05) is 25.4 Å². The van der Waals surface area contributed by atoms with Crippen molar-refractivity contribution in [2.24, 2.45) is 5.92 Å². The molecule has 1 aromatic heterocycles. The Morgan fingerprint density at radius 2 is 2.33 bits per heavy atom. The maximum absolute atomic E-state index is 11.1. The third kappa shape index (κ3) is 2.93. The number of carbonyl (C=O) groups excluding carboxylic acids is 1. The van der Waals surface area contributed by atoms with Crippen molar-refractivity contribution >= 4 is 5.97 Å². The SMILES string of the molecule is CC(=O)O[C@H]1CCN(Cc2ccco2)[C@H](C)[C@H]1C. The van der Waals surface area contributed by atoms with Crippen LogP contribution < -0.4 is 0 Å². The van der Waals surface area contributed by atoms with Crippen LogP contribution in [0.3, 0.4) is 0 Å². The van der Waals surface area contributed by atoms with E-state index < -0.39 is 0 Å². The molecular weight excluding hydrogens is 230 g/mol. The molecule has 0 saturated carbocycles. The average molecular weight is 251 g/mol. The van der Waals surface area contributed by atoms with Gasteiger partial charge in [-0.3, -0.25) is 9.69 Å². The van der Waals surface area contributed by atoms with Crippen LogP contribution in [0.25, 0.3) is 0 Å². The maximum atomic E-state index is 11.1. The molecule has 0 aromatic carbocycles. The first-order chi connectivity index (χ1) is 8.58. The molecule has 18 heavy (non-hydrogen) atoms. The van der Waals surface area contributed by atoms with E-state index in [1.165, 1.54) is 6.92 Å². The Labute approximate surface area is 108 Å². The maximum Gasteiger partial charge on any atom is 0.302 e. The molecule has 0 amide bonds. The molecule has 100 valence electrons. The fourth-order valence-electron chi connectivity index (χ4n) is 2.61. The molecule has 4 nitrogen and oxygen atoms in total. The van der Waals surface area contributed by atoms with Gasteiger partial charge in [-0.2, -0.15) is 0 Å². The summed E-state index contributed by atoms with van der Waals surface area (Å²) in [6.07, 6.45) is 2.64. The molecule has 0 spiro atoms. The average Bonchev–Trinajstić information content (AvgIpc) is 2.81. The van der Waals surface area contributed by atoms with Crippen molar-refractivity contribution in [2.45, 2.75) is 45.9 Å². The Kier molecular flexibility index (Phi) is 4.07. The van der Waals surface area contributed by atoms with E-state index in [1.54, 1.807) is 6.26 Å². The highest BCUT2D eigenvalue weighted by Crippen LogP contribution is 2.27. The molecule has 1 aliphatic heterocycles. The predicted molar refractivity (Wildman–Crippen MR) is 67.9 cm³/mol. The quantitative estimate of drug-likeness (QED) is 0.774. The first kappa shape index (κ1) is 13.1.